The van der Waals surface area contributed by atoms with Crippen molar-refractivity contribution in [1.82, 2.24) is 10.3 Å². The molecule has 1 aromatic rings. The molecule has 0 heterocycles. The summed E-state index contributed by atoms with van der Waals surface area (Å²) < 4.78 is 0. The van der Waals surface area contributed by atoms with Gasteiger partial charge >= 0.3 is 0 Å². The number of hydrogen-bond donors (Lipinski definition) is 2. The van der Waals surface area contributed by atoms with Crippen LogP contribution in [0.25, 0.3) is 0 Å². The van der Waals surface area contributed by atoms with Crippen molar-refractivity contribution in [3.63, 3.8) is 0 Å². The number of nitrogens with two attached hydrogens (primary N) is 1. The summed E-state index contributed by atoms with van der Waals surface area (Å²) in [5.41, 5.74) is 4.42. The molecular weight excluding hydrogens is 354 g/mol. The van der Waals surface area contributed by atoms with Crippen molar-refractivity contribution in [1.29, 1.82) is 0 Å². The highest BCUT2D eigenvalue weighted by molar-refractivity contribution is 6.30. The van der Waals surface area contributed by atoms with Gasteiger partial charge in [0.05, 0.1) is 0 Å². The number of nitrogens with one attached hydrogen (secondary N) is 1. The standard InChI is InChI=1S/C23H32ClN3/c1-6-21(11-8-10-18(3)17-27(25)7-2)20(5)26-15-9-12-22-16-23(24)14-13-19(22)4/h6-8,10-11,13-14,16,18,26H,1-2,5,9,12,15,17,25H2,3-4H3/b10-8-,21-11+. The molecule has 0 aliphatic rings. The minimum absolute atomic E-state index is 0.317. The summed E-state index contributed by atoms with van der Waals surface area (Å²) in [7, 11) is 0. The molecular formula is C23H32ClN3. The zero-order valence-electron chi connectivity index (χ0n) is 16.5. The van der Waals surface area contributed by atoms with Crippen LogP contribution >= 0.6 is 11.6 Å². The summed E-state index contributed by atoms with van der Waals surface area (Å²) in [6.45, 7) is 17.4. The first-order valence-corrected chi connectivity index (χ1v) is 9.58. The molecule has 3 N–H and O–H groups in total. The molecule has 0 aromatic heterocycles. The van der Waals surface area contributed by atoms with Crippen LogP contribution in [0, 0.1) is 12.8 Å². The van der Waals surface area contributed by atoms with E-state index in [0.717, 1.165) is 42.2 Å². The normalized spacial score (nSPS) is 12.7. The number of allylic oxidation sites excluding steroid dienone is 3. The number of nitrogens with zero attached hydrogens (tertiary/aromatic N) is 1. The van der Waals surface area contributed by atoms with Crippen molar-refractivity contribution < 1.29 is 0 Å². The Morgan fingerprint density at radius 3 is 2.78 bits per heavy atom. The molecule has 1 atom stereocenters. The summed E-state index contributed by atoms with van der Waals surface area (Å²) in [6.07, 6.45) is 11.5. The van der Waals surface area contributed by atoms with Crippen molar-refractivity contribution >= 4 is 11.6 Å². The van der Waals surface area contributed by atoms with E-state index in [1.807, 2.05) is 30.4 Å². The van der Waals surface area contributed by atoms with Gasteiger partial charge in [0.15, 0.2) is 0 Å². The molecule has 0 fully saturated rings. The van der Waals surface area contributed by atoms with Gasteiger partial charge in [-0.2, -0.15) is 0 Å². The predicted molar refractivity (Wildman–Crippen MR) is 119 cm³/mol. The average molecular weight is 386 g/mol. The number of benzene rings is 1. The lowest BCUT2D eigenvalue weighted by molar-refractivity contribution is 0.359. The second-order valence-corrected chi connectivity index (χ2v) is 7.08. The Morgan fingerprint density at radius 1 is 1.37 bits per heavy atom. The highest BCUT2D eigenvalue weighted by atomic mass is 35.5. The molecule has 0 saturated carbocycles. The maximum Gasteiger partial charge on any atom is 0.0408 e. The Hall–Kier alpha value is -2.23. The summed E-state index contributed by atoms with van der Waals surface area (Å²) in [5.74, 6) is 6.04. The van der Waals surface area contributed by atoms with Crippen LogP contribution in [0.5, 0.6) is 0 Å². The molecule has 0 saturated heterocycles. The van der Waals surface area contributed by atoms with Crippen LogP contribution < -0.4 is 11.2 Å². The van der Waals surface area contributed by atoms with Crippen molar-refractivity contribution in [3.8, 4) is 0 Å². The SMILES string of the molecule is C=C/C(=C\C=C/C(C)CN(N)C=C)C(=C)NCCCc1cc(Cl)ccc1C. The molecule has 1 rings (SSSR count). The van der Waals surface area contributed by atoms with Crippen molar-refractivity contribution in [2.45, 2.75) is 26.7 Å². The van der Waals surface area contributed by atoms with E-state index in [1.54, 1.807) is 11.2 Å². The van der Waals surface area contributed by atoms with Crippen LogP contribution in [0.4, 0.5) is 0 Å². The fourth-order valence-electron chi connectivity index (χ4n) is 2.64. The first-order chi connectivity index (χ1) is 12.9. The Labute approximate surface area is 169 Å². The van der Waals surface area contributed by atoms with E-state index in [-0.39, 0.29) is 0 Å². The van der Waals surface area contributed by atoms with E-state index in [9.17, 15) is 0 Å². The lowest BCUT2D eigenvalue weighted by atomic mass is 10.0. The molecule has 0 radical (unpaired) electrons. The van der Waals surface area contributed by atoms with Crippen molar-refractivity contribution in [3.05, 3.63) is 95.9 Å². The topological polar surface area (TPSA) is 41.3 Å². The van der Waals surface area contributed by atoms with Gasteiger partial charge in [-0.15, -0.1) is 0 Å². The molecule has 27 heavy (non-hydrogen) atoms. The quantitative estimate of drug-likeness (QED) is 0.222. The predicted octanol–water partition coefficient (Wildman–Crippen LogP) is 5.31. The fourth-order valence-corrected chi connectivity index (χ4v) is 2.83. The molecule has 4 heteroatoms. The number of aryl methyl sites for hydroxylation is 2. The van der Waals surface area contributed by atoms with E-state index in [0.29, 0.717) is 5.92 Å². The average Bonchev–Trinajstić information content (AvgIpc) is 2.64. The van der Waals surface area contributed by atoms with Crippen LogP contribution in [0.3, 0.4) is 0 Å². The molecule has 0 aliphatic heterocycles. The van der Waals surface area contributed by atoms with Crippen LogP contribution in [-0.4, -0.2) is 18.1 Å². The zero-order valence-corrected chi connectivity index (χ0v) is 17.3. The van der Waals surface area contributed by atoms with E-state index < -0.39 is 0 Å². The fraction of sp³-hybridized carbons (Fsp3) is 0.304. The molecule has 0 amide bonds. The molecule has 1 aromatic carbocycles. The first kappa shape index (κ1) is 22.8. The molecule has 0 aliphatic carbocycles. The summed E-state index contributed by atoms with van der Waals surface area (Å²) in [6, 6.07) is 6.04. The smallest absolute Gasteiger partial charge is 0.0408 e. The monoisotopic (exact) mass is 385 g/mol. The maximum atomic E-state index is 6.08. The van der Waals surface area contributed by atoms with E-state index in [2.05, 4.69) is 51.0 Å². The third kappa shape index (κ3) is 8.80. The van der Waals surface area contributed by atoms with Gasteiger partial charge in [-0.3, -0.25) is 0 Å². The minimum Gasteiger partial charge on any atom is -0.385 e. The van der Waals surface area contributed by atoms with Gasteiger partial charge < -0.3 is 10.3 Å². The van der Waals surface area contributed by atoms with Crippen LogP contribution in [0.2, 0.25) is 5.02 Å². The first-order valence-electron chi connectivity index (χ1n) is 9.20. The highest BCUT2D eigenvalue weighted by Crippen LogP contribution is 2.17. The summed E-state index contributed by atoms with van der Waals surface area (Å²) >= 11 is 6.08. The van der Waals surface area contributed by atoms with Crippen LogP contribution in [-0.2, 0) is 6.42 Å². The summed E-state index contributed by atoms with van der Waals surface area (Å²) in [5, 5.41) is 5.74. The third-order valence-electron chi connectivity index (χ3n) is 4.29. The lowest BCUT2D eigenvalue weighted by Gasteiger charge is -2.15. The number of halogens is 1. The van der Waals surface area contributed by atoms with Gasteiger partial charge in [-0.1, -0.05) is 68.6 Å². The lowest BCUT2D eigenvalue weighted by Crippen LogP contribution is -2.28. The second-order valence-electron chi connectivity index (χ2n) is 6.65. The van der Waals surface area contributed by atoms with Gasteiger partial charge in [0.2, 0.25) is 0 Å². The van der Waals surface area contributed by atoms with Crippen molar-refractivity contribution in [2.24, 2.45) is 11.8 Å². The minimum atomic E-state index is 0.317. The Kier molecular flexibility index (Phi) is 10.3. The van der Waals surface area contributed by atoms with Crippen LogP contribution in [0.1, 0.15) is 24.5 Å². The zero-order chi connectivity index (χ0) is 20.2. The Balaban J connectivity index is 2.47. The highest BCUT2D eigenvalue weighted by Gasteiger charge is 2.02. The van der Waals surface area contributed by atoms with E-state index in [4.69, 9.17) is 17.4 Å². The van der Waals surface area contributed by atoms with Gasteiger partial charge in [-0.05, 0) is 54.5 Å². The van der Waals surface area contributed by atoms with Gasteiger partial charge in [-0.25, -0.2) is 5.84 Å². The Bertz CT molecular complexity index is 704. The number of hydrazine groups is 1. The number of hydrogen-bond acceptors (Lipinski definition) is 3. The van der Waals surface area contributed by atoms with Crippen LogP contribution in [0.15, 0.2) is 79.7 Å². The largest absolute Gasteiger partial charge is 0.385 e. The van der Waals surface area contributed by atoms with E-state index >= 15 is 0 Å². The van der Waals surface area contributed by atoms with Gasteiger partial charge in [0.1, 0.15) is 0 Å². The molecule has 1 unspecified atom stereocenters. The Morgan fingerprint density at radius 2 is 2.11 bits per heavy atom. The second kappa shape index (κ2) is 12.2. The summed E-state index contributed by atoms with van der Waals surface area (Å²) in [4.78, 5) is 0. The molecule has 146 valence electrons. The third-order valence-corrected chi connectivity index (χ3v) is 4.52. The maximum absolute atomic E-state index is 6.08. The number of rotatable bonds is 12. The van der Waals surface area contributed by atoms with E-state index in [1.165, 1.54) is 11.1 Å². The van der Waals surface area contributed by atoms with Gasteiger partial charge in [0, 0.05) is 30.0 Å². The van der Waals surface area contributed by atoms with Crippen molar-refractivity contribution in [2.75, 3.05) is 13.1 Å². The molecule has 0 bridgehead atoms. The molecule has 3 nitrogen and oxygen atoms in total. The molecule has 0 spiro atoms. The van der Waals surface area contributed by atoms with Gasteiger partial charge in [0.25, 0.3) is 0 Å².